The van der Waals surface area contributed by atoms with Crippen molar-refractivity contribution in [1.29, 1.82) is 0 Å². The van der Waals surface area contributed by atoms with Gasteiger partial charge in [-0.25, -0.2) is 6.57 Å². The lowest BCUT2D eigenvalue weighted by atomic mass is 9.80. The highest BCUT2D eigenvalue weighted by atomic mass is 19.3. The quantitative estimate of drug-likeness (QED) is 0.504. The molecule has 3 rings (SSSR count). The van der Waals surface area contributed by atoms with Crippen LogP contribution < -0.4 is 10.6 Å². The number of nitrogens with zero attached hydrogens (tertiary/aromatic N) is 3. The van der Waals surface area contributed by atoms with E-state index < -0.39 is 53.2 Å². The molecule has 9 nitrogen and oxygen atoms in total. The Morgan fingerprint density at radius 2 is 1.87 bits per heavy atom. The number of likely N-dealkylation sites (N-methyl/N-ethyl adjacent to an activating group) is 1. The first-order valence-corrected chi connectivity index (χ1v) is 12.7. The maximum atomic E-state index is 14.1. The van der Waals surface area contributed by atoms with Gasteiger partial charge in [-0.3, -0.25) is 28.9 Å². The van der Waals surface area contributed by atoms with Gasteiger partial charge >= 0.3 is 12.1 Å². The van der Waals surface area contributed by atoms with Crippen molar-refractivity contribution >= 4 is 29.3 Å². The van der Waals surface area contributed by atoms with E-state index in [1.54, 1.807) is 24.3 Å². The second-order valence-corrected chi connectivity index (χ2v) is 10.9. The Morgan fingerprint density at radius 1 is 1.24 bits per heavy atom. The first kappa shape index (κ1) is 29.0. The van der Waals surface area contributed by atoms with Gasteiger partial charge in [0.15, 0.2) is 0 Å². The lowest BCUT2D eigenvalue weighted by Crippen LogP contribution is -2.57. The third-order valence-electron chi connectivity index (χ3n) is 7.43. The predicted octanol–water partition coefficient (Wildman–Crippen LogP) is 3.02. The molecule has 1 saturated heterocycles. The van der Waals surface area contributed by atoms with Crippen LogP contribution >= 0.6 is 0 Å². The Labute approximate surface area is 221 Å². The molecule has 2 aliphatic heterocycles. The lowest BCUT2D eigenvalue weighted by Gasteiger charge is -2.34. The summed E-state index contributed by atoms with van der Waals surface area (Å²) in [5, 5.41) is 4.91. The van der Waals surface area contributed by atoms with E-state index in [9.17, 15) is 28.0 Å². The van der Waals surface area contributed by atoms with Crippen molar-refractivity contribution < 1.29 is 28.0 Å². The number of alkyl halides is 2. The van der Waals surface area contributed by atoms with Crippen molar-refractivity contribution in [2.75, 3.05) is 18.9 Å². The van der Waals surface area contributed by atoms with Crippen LogP contribution in [-0.2, 0) is 24.6 Å². The smallest absolute Gasteiger partial charge is 0.326 e. The van der Waals surface area contributed by atoms with Crippen molar-refractivity contribution in [2.24, 2.45) is 11.8 Å². The molecule has 1 fully saturated rings. The molecule has 0 bridgehead atoms. The molecule has 1 aromatic carbocycles. The number of nitrogens with one attached hydrogen (secondary N) is 2. The summed E-state index contributed by atoms with van der Waals surface area (Å²) in [4.78, 5) is 58.4. The molecule has 2 N–H and O–H groups in total. The average Bonchev–Trinajstić information content (AvgIpc) is 3.39. The fraction of sp³-hybridized carbons (Fsp3) is 0.593. The van der Waals surface area contributed by atoms with Gasteiger partial charge < -0.3 is 15.5 Å². The molecule has 4 atom stereocenters. The van der Waals surface area contributed by atoms with Crippen molar-refractivity contribution in [1.82, 2.24) is 15.1 Å². The van der Waals surface area contributed by atoms with Gasteiger partial charge in [-0.1, -0.05) is 45.9 Å². The molecule has 1 spiro atoms. The minimum Gasteiger partial charge on any atom is -0.339 e. The average molecular weight is 532 g/mol. The zero-order chi connectivity index (χ0) is 28.6. The number of rotatable bonds is 8. The summed E-state index contributed by atoms with van der Waals surface area (Å²) in [5.41, 5.74) is 0.293. The molecule has 0 radical (unpaired) electrons. The highest BCUT2D eigenvalue weighted by molar-refractivity contribution is 6.07. The topological polar surface area (TPSA) is 103 Å². The number of likely N-dealkylation sites (tertiary alicyclic amines) is 1. The molecule has 2 aliphatic rings. The summed E-state index contributed by atoms with van der Waals surface area (Å²) in [6.07, 6.45) is -0.561. The third-order valence-corrected chi connectivity index (χ3v) is 7.43. The van der Waals surface area contributed by atoms with E-state index >= 15 is 0 Å². The molecular weight excluding hydrogens is 496 g/mol. The summed E-state index contributed by atoms with van der Waals surface area (Å²) in [6, 6.07) is 4.83. The Balaban J connectivity index is 1.86. The third kappa shape index (κ3) is 5.08. The van der Waals surface area contributed by atoms with Gasteiger partial charge in [-0.05, 0) is 30.9 Å². The minimum absolute atomic E-state index is 0.0226. The number of carbonyl (C=O) groups is 4. The van der Waals surface area contributed by atoms with Crippen molar-refractivity contribution in [2.45, 2.75) is 77.0 Å². The van der Waals surface area contributed by atoms with Crippen molar-refractivity contribution in [3.05, 3.63) is 41.2 Å². The van der Waals surface area contributed by atoms with Crippen LogP contribution in [0.5, 0.6) is 0 Å². The molecule has 2 heterocycles. The molecule has 0 aromatic heterocycles. The summed E-state index contributed by atoms with van der Waals surface area (Å²) in [5.74, 6) is -8.02. The molecular formula is C27H35F2N5O4. The van der Waals surface area contributed by atoms with E-state index in [1.165, 1.54) is 32.7 Å². The summed E-state index contributed by atoms with van der Waals surface area (Å²) < 4.78 is 28.3. The van der Waals surface area contributed by atoms with E-state index in [0.29, 0.717) is 5.69 Å². The van der Waals surface area contributed by atoms with Gasteiger partial charge in [-0.15, -0.1) is 0 Å². The maximum Gasteiger partial charge on any atom is 0.326 e. The second-order valence-electron chi connectivity index (χ2n) is 10.9. The molecule has 11 heteroatoms. The number of benzene rings is 1. The van der Waals surface area contributed by atoms with E-state index in [2.05, 4.69) is 15.5 Å². The van der Waals surface area contributed by atoms with E-state index in [4.69, 9.17) is 6.57 Å². The van der Waals surface area contributed by atoms with Crippen LogP contribution in [0.3, 0.4) is 0 Å². The fourth-order valence-electron chi connectivity index (χ4n) is 5.09. The van der Waals surface area contributed by atoms with Gasteiger partial charge in [0.05, 0.1) is 6.42 Å². The Kier molecular flexibility index (Phi) is 8.15. The zero-order valence-electron chi connectivity index (χ0n) is 22.5. The largest absolute Gasteiger partial charge is 0.339 e. The SMILES string of the molecule is [C-]#[N+][C@@H]1C[C@@]2(CN1C(=O)[C@H](CC(C)C)N(C)C(=O)[C@H](C)NC(=O)C(F)(F)C(C)C)C(=O)Nc1ccccc12. The van der Waals surface area contributed by atoms with Crippen LogP contribution in [-0.4, -0.2) is 71.2 Å². The van der Waals surface area contributed by atoms with E-state index in [1.807, 2.05) is 13.8 Å². The molecule has 0 aliphatic carbocycles. The fourth-order valence-corrected chi connectivity index (χ4v) is 5.09. The number of fused-ring (bicyclic) bond motifs is 2. The van der Waals surface area contributed by atoms with Crippen LogP contribution in [0.15, 0.2) is 24.3 Å². The van der Waals surface area contributed by atoms with Crippen LogP contribution in [0.2, 0.25) is 0 Å². The number of halogens is 2. The second kappa shape index (κ2) is 10.7. The van der Waals surface area contributed by atoms with Crippen molar-refractivity contribution in [3.63, 3.8) is 0 Å². The first-order chi connectivity index (χ1) is 17.7. The normalized spacial score (nSPS) is 22.2. The lowest BCUT2D eigenvalue weighted by molar-refractivity contribution is -0.155. The van der Waals surface area contributed by atoms with Gasteiger partial charge in [0.1, 0.15) is 17.5 Å². The Bertz CT molecular complexity index is 1160. The molecule has 206 valence electrons. The summed E-state index contributed by atoms with van der Waals surface area (Å²) in [7, 11) is 1.38. The molecule has 0 unspecified atom stereocenters. The highest BCUT2D eigenvalue weighted by Gasteiger charge is 2.59. The minimum atomic E-state index is -3.66. The number of para-hydroxylation sites is 1. The predicted molar refractivity (Wildman–Crippen MR) is 137 cm³/mol. The van der Waals surface area contributed by atoms with Gasteiger partial charge in [0.25, 0.3) is 11.8 Å². The van der Waals surface area contributed by atoms with Gasteiger partial charge in [0.2, 0.25) is 11.8 Å². The van der Waals surface area contributed by atoms with Crippen LogP contribution in [0.1, 0.15) is 53.0 Å². The van der Waals surface area contributed by atoms with Gasteiger partial charge in [-0.2, -0.15) is 8.78 Å². The standard InChI is InChI=1S/C27H35F2N5O4/c1-15(2)12-20(33(7)22(35)17(5)31-25(38)27(28,29)16(3)4)23(36)34-14-26(13-21(34)30-6)18-10-8-9-11-19(18)32-24(26)37/h8-11,15-17,20-21H,12-14H2,1-5,7H3,(H,31,38)(H,32,37)/t17-,20-,21-,26-/m0/s1. The number of hydrogen-bond donors (Lipinski definition) is 2. The van der Waals surface area contributed by atoms with E-state index in [-0.39, 0.29) is 31.2 Å². The first-order valence-electron chi connectivity index (χ1n) is 12.7. The molecule has 4 amide bonds. The van der Waals surface area contributed by atoms with E-state index in [0.717, 1.165) is 10.5 Å². The Hall–Kier alpha value is -3.55. The number of carbonyl (C=O) groups excluding carboxylic acids is 4. The molecule has 1 aromatic rings. The van der Waals surface area contributed by atoms with Crippen molar-refractivity contribution in [3.8, 4) is 0 Å². The highest BCUT2D eigenvalue weighted by Crippen LogP contribution is 2.47. The van der Waals surface area contributed by atoms with Crippen LogP contribution in [0, 0.1) is 18.4 Å². The summed E-state index contributed by atoms with van der Waals surface area (Å²) >= 11 is 0. The molecule has 38 heavy (non-hydrogen) atoms. The Morgan fingerprint density at radius 3 is 2.45 bits per heavy atom. The molecule has 0 saturated carbocycles. The number of anilines is 1. The maximum absolute atomic E-state index is 14.1. The van der Waals surface area contributed by atoms with Crippen LogP contribution in [0.4, 0.5) is 14.5 Å². The van der Waals surface area contributed by atoms with Crippen LogP contribution in [0.25, 0.3) is 4.85 Å². The monoisotopic (exact) mass is 531 g/mol. The van der Waals surface area contributed by atoms with Gasteiger partial charge in [0, 0.05) is 25.2 Å². The number of hydrogen-bond acceptors (Lipinski definition) is 4. The zero-order valence-corrected chi connectivity index (χ0v) is 22.5. The number of amides is 4. The summed E-state index contributed by atoms with van der Waals surface area (Å²) in [6.45, 7) is 15.1.